The van der Waals surface area contributed by atoms with E-state index < -0.39 is 47.1 Å². The summed E-state index contributed by atoms with van der Waals surface area (Å²) in [5, 5.41) is 2.05. The van der Waals surface area contributed by atoms with Crippen molar-refractivity contribution in [2.75, 3.05) is 5.32 Å². The lowest BCUT2D eigenvalue weighted by Crippen LogP contribution is -2.08. The highest BCUT2D eigenvalue weighted by atomic mass is 19.2. The van der Waals surface area contributed by atoms with Gasteiger partial charge >= 0.3 is 0 Å². The Morgan fingerprint density at radius 1 is 0.750 bits per heavy atom. The fourth-order valence-electron chi connectivity index (χ4n) is 1.58. The van der Waals surface area contributed by atoms with E-state index in [0.717, 1.165) is 12.1 Å². The maximum atomic E-state index is 13.3. The van der Waals surface area contributed by atoms with Crippen molar-refractivity contribution in [2.45, 2.75) is 6.54 Å². The van der Waals surface area contributed by atoms with E-state index >= 15 is 0 Å². The van der Waals surface area contributed by atoms with Gasteiger partial charge in [-0.15, -0.1) is 0 Å². The van der Waals surface area contributed by atoms with Gasteiger partial charge in [0.05, 0.1) is 0 Å². The van der Waals surface area contributed by atoms with Crippen molar-refractivity contribution in [3.05, 3.63) is 64.7 Å². The second kappa shape index (κ2) is 5.44. The molecule has 1 N–H and O–H groups in total. The lowest BCUT2D eigenvalue weighted by atomic mass is 10.2. The number of halogens is 6. The lowest BCUT2D eigenvalue weighted by Gasteiger charge is -2.10. The minimum Gasteiger partial charge on any atom is -0.376 e. The highest BCUT2D eigenvalue weighted by Gasteiger charge is 2.19. The van der Waals surface area contributed by atoms with Gasteiger partial charge < -0.3 is 5.32 Å². The highest BCUT2D eigenvalue weighted by Crippen LogP contribution is 2.25. The van der Waals surface area contributed by atoms with Crippen molar-refractivity contribution in [3.8, 4) is 0 Å². The van der Waals surface area contributed by atoms with Crippen molar-refractivity contribution < 1.29 is 26.3 Å². The zero-order valence-corrected chi connectivity index (χ0v) is 9.78. The van der Waals surface area contributed by atoms with E-state index in [4.69, 9.17) is 0 Å². The number of hydrogen-bond acceptors (Lipinski definition) is 1. The molecular weight excluding hydrogens is 284 g/mol. The first-order valence-electron chi connectivity index (χ1n) is 5.41. The molecule has 0 aromatic heterocycles. The standard InChI is InChI=1S/C13H7F6N/c14-7-2-1-6(8(15)3-7)5-20-13-11(18)9(16)4-10(17)12(13)19/h1-4,20H,5H2. The summed E-state index contributed by atoms with van der Waals surface area (Å²) in [6.45, 7) is -0.469. The Labute approximate surface area is 109 Å². The third-order valence-corrected chi connectivity index (χ3v) is 2.58. The fourth-order valence-corrected chi connectivity index (χ4v) is 1.58. The van der Waals surface area contributed by atoms with Gasteiger partial charge in [-0.25, -0.2) is 26.3 Å². The summed E-state index contributed by atoms with van der Waals surface area (Å²) in [7, 11) is 0. The van der Waals surface area contributed by atoms with Crippen LogP contribution in [-0.2, 0) is 6.54 Å². The van der Waals surface area contributed by atoms with Crippen LogP contribution in [0.1, 0.15) is 5.56 Å². The average Bonchev–Trinajstić information content (AvgIpc) is 2.38. The van der Waals surface area contributed by atoms with Crippen LogP contribution in [0.2, 0.25) is 0 Å². The monoisotopic (exact) mass is 291 g/mol. The van der Waals surface area contributed by atoms with Crippen molar-refractivity contribution >= 4 is 5.69 Å². The molecule has 0 fully saturated rings. The molecule has 0 aliphatic carbocycles. The number of rotatable bonds is 3. The number of benzene rings is 2. The molecule has 106 valence electrons. The zero-order chi connectivity index (χ0) is 14.9. The third-order valence-electron chi connectivity index (χ3n) is 2.58. The molecule has 0 aliphatic rings. The van der Waals surface area contributed by atoms with E-state index in [0.29, 0.717) is 6.07 Å². The first-order chi connectivity index (χ1) is 9.40. The van der Waals surface area contributed by atoms with Crippen molar-refractivity contribution in [1.82, 2.24) is 0 Å². The molecule has 0 atom stereocenters. The van der Waals surface area contributed by atoms with Gasteiger partial charge in [0.15, 0.2) is 23.3 Å². The first-order valence-corrected chi connectivity index (χ1v) is 5.41. The molecule has 1 nitrogen and oxygen atoms in total. The van der Waals surface area contributed by atoms with Crippen LogP contribution < -0.4 is 5.32 Å². The summed E-state index contributed by atoms with van der Waals surface area (Å²) >= 11 is 0. The van der Waals surface area contributed by atoms with Gasteiger partial charge in [-0.05, 0) is 6.07 Å². The molecule has 0 radical (unpaired) electrons. The largest absolute Gasteiger partial charge is 0.376 e. The second-order valence-corrected chi connectivity index (χ2v) is 3.93. The van der Waals surface area contributed by atoms with Gasteiger partial charge in [-0.2, -0.15) is 0 Å². The fraction of sp³-hybridized carbons (Fsp3) is 0.0769. The molecule has 2 rings (SSSR count). The van der Waals surface area contributed by atoms with Gasteiger partial charge in [-0.1, -0.05) is 6.07 Å². The predicted molar refractivity (Wildman–Crippen MR) is 60.0 cm³/mol. The Morgan fingerprint density at radius 2 is 1.35 bits per heavy atom. The number of hydrogen-bond donors (Lipinski definition) is 1. The quantitative estimate of drug-likeness (QED) is 0.662. The van der Waals surface area contributed by atoms with Crippen LogP contribution in [0.25, 0.3) is 0 Å². The maximum Gasteiger partial charge on any atom is 0.185 e. The topological polar surface area (TPSA) is 12.0 Å². The molecule has 2 aromatic carbocycles. The molecule has 0 unspecified atom stereocenters. The van der Waals surface area contributed by atoms with Crippen molar-refractivity contribution in [3.63, 3.8) is 0 Å². The van der Waals surface area contributed by atoms with Crippen LogP contribution in [0.15, 0.2) is 24.3 Å². The molecule has 0 spiro atoms. The third kappa shape index (κ3) is 2.71. The highest BCUT2D eigenvalue weighted by molar-refractivity contribution is 5.47. The minimum absolute atomic E-state index is 0.0638. The van der Waals surface area contributed by atoms with Crippen LogP contribution in [-0.4, -0.2) is 0 Å². The van der Waals surface area contributed by atoms with E-state index in [2.05, 4.69) is 0 Å². The van der Waals surface area contributed by atoms with Crippen LogP contribution in [0, 0.1) is 34.9 Å². The van der Waals surface area contributed by atoms with Crippen LogP contribution >= 0.6 is 0 Å². The summed E-state index contributed by atoms with van der Waals surface area (Å²) in [6.07, 6.45) is 0. The second-order valence-electron chi connectivity index (χ2n) is 3.93. The Morgan fingerprint density at radius 3 is 1.90 bits per heavy atom. The normalized spacial score (nSPS) is 10.7. The zero-order valence-electron chi connectivity index (χ0n) is 9.78. The van der Waals surface area contributed by atoms with Gasteiger partial charge in [-0.3, -0.25) is 0 Å². The van der Waals surface area contributed by atoms with Gasteiger partial charge in [0.25, 0.3) is 0 Å². The molecule has 20 heavy (non-hydrogen) atoms. The molecule has 0 amide bonds. The van der Waals surface area contributed by atoms with Crippen LogP contribution in [0.5, 0.6) is 0 Å². The minimum atomic E-state index is -1.62. The lowest BCUT2D eigenvalue weighted by molar-refractivity contribution is 0.458. The molecule has 0 saturated heterocycles. The summed E-state index contributed by atoms with van der Waals surface area (Å²) in [4.78, 5) is 0. The Kier molecular flexibility index (Phi) is 3.87. The summed E-state index contributed by atoms with van der Waals surface area (Å²) in [5.74, 6) is -8.16. The SMILES string of the molecule is Fc1ccc(CNc2c(F)c(F)cc(F)c2F)c(F)c1. The molecule has 0 saturated carbocycles. The van der Waals surface area contributed by atoms with Gasteiger partial charge in [0.1, 0.15) is 17.3 Å². The molecule has 7 heteroatoms. The predicted octanol–water partition coefficient (Wildman–Crippen LogP) is 4.13. The summed E-state index contributed by atoms with van der Waals surface area (Å²) < 4.78 is 78.5. The molecular formula is C13H7F6N. The van der Waals surface area contributed by atoms with E-state index in [1.54, 1.807) is 0 Å². The summed E-state index contributed by atoms with van der Waals surface area (Å²) in [6, 6.07) is 2.63. The molecule has 0 bridgehead atoms. The maximum absolute atomic E-state index is 13.3. The number of anilines is 1. The average molecular weight is 291 g/mol. The smallest absolute Gasteiger partial charge is 0.185 e. The van der Waals surface area contributed by atoms with E-state index in [1.807, 2.05) is 5.32 Å². The van der Waals surface area contributed by atoms with Crippen LogP contribution in [0.4, 0.5) is 32.0 Å². The Bertz CT molecular complexity index is 630. The van der Waals surface area contributed by atoms with Crippen LogP contribution in [0.3, 0.4) is 0 Å². The van der Waals surface area contributed by atoms with E-state index in [9.17, 15) is 26.3 Å². The van der Waals surface area contributed by atoms with E-state index in [1.165, 1.54) is 0 Å². The summed E-state index contributed by atoms with van der Waals surface area (Å²) in [5.41, 5.74) is -1.17. The van der Waals surface area contributed by atoms with Crippen molar-refractivity contribution in [2.24, 2.45) is 0 Å². The van der Waals surface area contributed by atoms with E-state index in [-0.39, 0.29) is 11.6 Å². The number of nitrogens with one attached hydrogen (secondary N) is 1. The van der Waals surface area contributed by atoms with Gasteiger partial charge in [0, 0.05) is 24.2 Å². The first kappa shape index (κ1) is 14.2. The Balaban J connectivity index is 2.27. The Hall–Kier alpha value is -2.18. The molecule has 2 aromatic rings. The van der Waals surface area contributed by atoms with Crippen molar-refractivity contribution in [1.29, 1.82) is 0 Å². The molecule has 0 aliphatic heterocycles. The molecule has 0 heterocycles. The van der Waals surface area contributed by atoms with Gasteiger partial charge in [0.2, 0.25) is 0 Å².